The molecule has 3 atom stereocenters. The number of carbonyl (C=O) groups excluding carboxylic acids is 1. The molecule has 146 valence electrons. The largest absolute Gasteiger partial charge is 0.376 e. The molecule has 2 saturated heterocycles. The second kappa shape index (κ2) is 7.44. The van der Waals surface area contributed by atoms with Crippen LogP contribution in [0.25, 0.3) is 0 Å². The van der Waals surface area contributed by atoms with Gasteiger partial charge in [0.1, 0.15) is 0 Å². The van der Waals surface area contributed by atoms with E-state index in [9.17, 15) is 13.2 Å². The lowest BCUT2D eigenvalue weighted by molar-refractivity contribution is 0.0858. The van der Waals surface area contributed by atoms with Gasteiger partial charge in [0.25, 0.3) is 5.91 Å². The first kappa shape index (κ1) is 18.8. The monoisotopic (exact) mass is 409 g/mol. The molecule has 9 heteroatoms. The Morgan fingerprint density at radius 3 is 2.96 bits per heavy atom. The number of ether oxygens (including phenoxy) is 1. The third kappa shape index (κ3) is 4.30. The van der Waals surface area contributed by atoms with Crippen LogP contribution in [0.15, 0.2) is 23.2 Å². The summed E-state index contributed by atoms with van der Waals surface area (Å²) >= 11 is 1.47. The quantitative estimate of drug-likeness (QED) is 0.784. The number of benzene rings is 1. The van der Waals surface area contributed by atoms with Crippen molar-refractivity contribution in [3.63, 3.8) is 0 Å². The Bertz CT molecular complexity index is 879. The molecule has 0 aromatic heterocycles. The number of anilines is 1. The number of amides is 1. The average Bonchev–Trinajstić information content (AvgIpc) is 3.29. The summed E-state index contributed by atoms with van der Waals surface area (Å²) in [7, 11) is -2.96. The topological polar surface area (TPSA) is 96.9 Å². The minimum Gasteiger partial charge on any atom is -0.376 e. The molecule has 3 heterocycles. The second-order valence-corrected chi connectivity index (χ2v) is 10.6. The summed E-state index contributed by atoms with van der Waals surface area (Å²) in [6.07, 6.45) is 2.13. The number of fused-ring (bicyclic) bond motifs is 1. The fourth-order valence-corrected chi connectivity index (χ4v) is 7.21. The smallest absolute Gasteiger partial charge is 0.251 e. The number of rotatable bonds is 4. The first-order valence-corrected chi connectivity index (χ1v) is 11.8. The average molecular weight is 410 g/mol. The zero-order valence-electron chi connectivity index (χ0n) is 15.1. The third-order valence-electron chi connectivity index (χ3n) is 5.07. The number of nitrogens with one attached hydrogen (secondary N) is 2. The van der Waals surface area contributed by atoms with Crippen LogP contribution in [0.5, 0.6) is 0 Å². The zero-order valence-corrected chi connectivity index (χ0v) is 16.7. The van der Waals surface area contributed by atoms with Gasteiger partial charge in [-0.2, -0.15) is 0 Å². The van der Waals surface area contributed by atoms with Crippen molar-refractivity contribution in [1.29, 1.82) is 0 Å². The fourth-order valence-electron chi connectivity index (χ4n) is 3.54. The van der Waals surface area contributed by atoms with Gasteiger partial charge in [0.15, 0.2) is 15.0 Å². The molecule has 3 aliphatic heterocycles. The van der Waals surface area contributed by atoms with Gasteiger partial charge < -0.3 is 15.4 Å². The second-order valence-electron chi connectivity index (χ2n) is 7.23. The van der Waals surface area contributed by atoms with E-state index in [2.05, 4.69) is 15.6 Å². The molecule has 0 saturated carbocycles. The van der Waals surface area contributed by atoms with E-state index in [0.29, 0.717) is 12.1 Å². The van der Waals surface area contributed by atoms with Gasteiger partial charge in [0, 0.05) is 29.7 Å². The summed E-state index contributed by atoms with van der Waals surface area (Å²) in [6, 6.07) is 5.35. The molecular weight excluding hydrogens is 386 g/mol. The summed E-state index contributed by atoms with van der Waals surface area (Å²) in [5, 5.41) is 6.92. The van der Waals surface area contributed by atoms with Crippen molar-refractivity contribution >= 4 is 38.4 Å². The molecule has 0 aliphatic carbocycles. The number of amidine groups is 1. The Morgan fingerprint density at radius 1 is 1.37 bits per heavy atom. The normalized spacial score (nSPS) is 28.6. The van der Waals surface area contributed by atoms with Crippen molar-refractivity contribution in [2.75, 3.05) is 30.0 Å². The summed E-state index contributed by atoms with van der Waals surface area (Å²) in [5.74, 6) is 0.180. The zero-order chi connectivity index (χ0) is 19.0. The van der Waals surface area contributed by atoms with Crippen molar-refractivity contribution in [2.24, 2.45) is 4.99 Å². The van der Waals surface area contributed by atoms with Gasteiger partial charge in [-0.25, -0.2) is 8.42 Å². The van der Waals surface area contributed by atoms with E-state index in [1.807, 2.05) is 19.1 Å². The molecule has 0 bridgehead atoms. The molecule has 27 heavy (non-hydrogen) atoms. The number of hydrogen-bond acceptors (Lipinski definition) is 7. The Morgan fingerprint density at radius 2 is 2.22 bits per heavy atom. The molecule has 7 nitrogen and oxygen atoms in total. The Labute approximate surface area is 163 Å². The summed E-state index contributed by atoms with van der Waals surface area (Å²) in [4.78, 5) is 17.0. The van der Waals surface area contributed by atoms with Crippen LogP contribution < -0.4 is 10.6 Å². The van der Waals surface area contributed by atoms with Gasteiger partial charge in [-0.05, 0) is 37.5 Å². The van der Waals surface area contributed by atoms with Crippen LogP contribution in [-0.4, -0.2) is 61.5 Å². The van der Waals surface area contributed by atoms with E-state index in [0.717, 1.165) is 35.9 Å². The van der Waals surface area contributed by atoms with Crippen LogP contribution in [0.4, 0.5) is 5.69 Å². The van der Waals surface area contributed by atoms with Crippen LogP contribution in [0.3, 0.4) is 0 Å². The maximum Gasteiger partial charge on any atom is 0.251 e. The number of aliphatic imine (C=N–C) groups is 1. The van der Waals surface area contributed by atoms with Crippen molar-refractivity contribution in [1.82, 2.24) is 5.32 Å². The predicted octanol–water partition coefficient (Wildman–Crippen LogP) is 1.58. The van der Waals surface area contributed by atoms with E-state index in [4.69, 9.17) is 4.74 Å². The van der Waals surface area contributed by atoms with E-state index in [-0.39, 0.29) is 34.8 Å². The first-order chi connectivity index (χ1) is 12.9. The number of aryl methyl sites for hydroxylation is 1. The summed E-state index contributed by atoms with van der Waals surface area (Å²) in [5.41, 5.74) is 2.39. The highest BCUT2D eigenvalue weighted by molar-refractivity contribution is 8.15. The highest BCUT2D eigenvalue weighted by Crippen LogP contribution is 2.35. The number of nitrogens with zero attached hydrogens (tertiary/aromatic N) is 1. The van der Waals surface area contributed by atoms with Crippen molar-refractivity contribution in [3.05, 3.63) is 29.3 Å². The Hall–Kier alpha value is -1.58. The van der Waals surface area contributed by atoms with Crippen LogP contribution >= 0.6 is 11.8 Å². The highest BCUT2D eigenvalue weighted by Gasteiger charge is 2.42. The first-order valence-electron chi connectivity index (χ1n) is 9.12. The van der Waals surface area contributed by atoms with Gasteiger partial charge >= 0.3 is 0 Å². The van der Waals surface area contributed by atoms with Gasteiger partial charge in [0.05, 0.1) is 23.7 Å². The molecule has 0 radical (unpaired) electrons. The minimum absolute atomic E-state index is 0.00398. The van der Waals surface area contributed by atoms with Crippen molar-refractivity contribution < 1.29 is 17.9 Å². The summed E-state index contributed by atoms with van der Waals surface area (Å²) in [6.45, 7) is 3.25. The predicted molar refractivity (Wildman–Crippen MR) is 107 cm³/mol. The molecule has 4 rings (SSSR count). The van der Waals surface area contributed by atoms with Crippen LogP contribution in [0, 0.1) is 6.92 Å². The van der Waals surface area contributed by atoms with E-state index < -0.39 is 9.84 Å². The SMILES string of the molecule is Cc1ccc(C(=O)NC[C@@H]2CCCO2)cc1NC1=N[C@@H]2CS(=O)(=O)C[C@@H]2S1. The van der Waals surface area contributed by atoms with Gasteiger partial charge in [-0.15, -0.1) is 0 Å². The van der Waals surface area contributed by atoms with Crippen LogP contribution in [-0.2, 0) is 14.6 Å². The maximum atomic E-state index is 12.4. The summed E-state index contributed by atoms with van der Waals surface area (Å²) < 4.78 is 28.9. The maximum absolute atomic E-state index is 12.4. The van der Waals surface area contributed by atoms with Crippen LogP contribution in [0.1, 0.15) is 28.8 Å². The van der Waals surface area contributed by atoms with Gasteiger partial charge in [-0.3, -0.25) is 9.79 Å². The van der Waals surface area contributed by atoms with E-state index in [1.165, 1.54) is 11.8 Å². The Kier molecular flexibility index (Phi) is 5.17. The lowest BCUT2D eigenvalue weighted by atomic mass is 10.1. The van der Waals surface area contributed by atoms with Crippen molar-refractivity contribution in [2.45, 2.75) is 37.2 Å². The molecule has 3 aliphatic rings. The number of hydrogen-bond donors (Lipinski definition) is 2. The van der Waals surface area contributed by atoms with Gasteiger partial charge in [-0.1, -0.05) is 17.8 Å². The molecule has 0 spiro atoms. The number of sulfone groups is 1. The number of carbonyl (C=O) groups is 1. The minimum atomic E-state index is -2.96. The van der Waals surface area contributed by atoms with E-state index in [1.54, 1.807) is 6.07 Å². The molecular formula is C18H23N3O4S2. The van der Waals surface area contributed by atoms with Crippen molar-refractivity contribution in [3.8, 4) is 0 Å². The van der Waals surface area contributed by atoms with Crippen LogP contribution in [0.2, 0.25) is 0 Å². The third-order valence-corrected chi connectivity index (χ3v) is 8.22. The molecule has 0 unspecified atom stereocenters. The number of thioether (sulfide) groups is 1. The lowest BCUT2D eigenvalue weighted by Gasteiger charge is -2.13. The standard InChI is InChI=1S/C18H23N3O4S2/c1-11-4-5-12(17(22)19-8-13-3-2-6-25-13)7-14(11)20-18-21-15-9-27(23,24)10-16(15)26-18/h4-5,7,13,15-16H,2-3,6,8-10H2,1H3,(H,19,22)(H,20,21)/t13-,15+,16-/m0/s1. The molecule has 2 N–H and O–H groups in total. The molecule has 1 aromatic rings. The Balaban J connectivity index is 1.41. The van der Waals surface area contributed by atoms with Gasteiger partial charge in [0.2, 0.25) is 0 Å². The molecule has 1 amide bonds. The highest BCUT2D eigenvalue weighted by atomic mass is 32.2. The molecule has 2 fully saturated rings. The van der Waals surface area contributed by atoms with E-state index >= 15 is 0 Å². The molecule has 1 aromatic carbocycles. The lowest BCUT2D eigenvalue weighted by Crippen LogP contribution is -2.31. The fraction of sp³-hybridized carbons (Fsp3) is 0.556.